The second-order valence-corrected chi connectivity index (χ2v) is 5.15. The van der Waals surface area contributed by atoms with Crippen LogP contribution in [0, 0.1) is 0 Å². The molecule has 0 saturated carbocycles. The molecule has 1 unspecified atom stereocenters. The first kappa shape index (κ1) is 15.4. The zero-order valence-electron chi connectivity index (χ0n) is 11.3. The minimum Gasteiger partial charge on any atom is -0.378 e. The lowest BCUT2D eigenvalue weighted by Gasteiger charge is -2.20. The van der Waals surface area contributed by atoms with Crippen LogP contribution in [0.5, 0.6) is 0 Å². The molecule has 1 aromatic heterocycles. The Morgan fingerprint density at radius 3 is 2.74 bits per heavy atom. The van der Waals surface area contributed by atoms with Gasteiger partial charge in [0.1, 0.15) is 6.04 Å². The number of H-pyrrole nitrogens is 1. The van der Waals surface area contributed by atoms with Gasteiger partial charge in [-0.15, -0.1) is 0 Å². The van der Waals surface area contributed by atoms with Crippen molar-refractivity contribution in [2.24, 2.45) is 0 Å². The summed E-state index contributed by atoms with van der Waals surface area (Å²) in [5, 5.41) is 6.35. The third-order valence-corrected chi connectivity index (χ3v) is 3.56. The van der Waals surface area contributed by atoms with Gasteiger partial charge in [0.2, 0.25) is 0 Å². The van der Waals surface area contributed by atoms with Crippen molar-refractivity contribution in [3.8, 4) is 0 Å². The van der Waals surface area contributed by atoms with Gasteiger partial charge in [-0.3, -0.25) is 9.51 Å². The molecule has 23 heavy (non-hydrogen) atoms. The highest BCUT2D eigenvalue weighted by molar-refractivity contribution is 6.32. The molecule has 5 nitrogen and oxygen atoms in total. The van der Waals surface area contributed by atoms with E-state index >= 15 is 0 Å². The number of dihydropyridines is 1. The fraction of sp³-hybridized carbons (Fsp3) is 0.143. The molecule has 2 N–H and O–H groups in total. The Labute approximate surface area is 132 Å². The third-order valence-electron chi connectivity index (χ3n) is 3.24. The number of aromatic nitrogens is 2. The van der Waals surface area contributed by atoms with Crippen molar-refractivity contribution in [2.45, 2.75) is 12.2 Å². The predicted octanol–water partition coefficient (Wildman–Crippen LogP) is 3.28. The number of nitrogens with one attached hydrogen (secondary N) is 2. The van der Waals surface area contributed by atoms with Crippen LogP contribution in [-0.4, -0.2) is 10.1 Å². The molecule has 1 aromatic carbocycles. The van der Waals surface area contributed by atoms with E-state index in [-0.39, 0.29) is 22.0 Å². The summed E-state index contributed by atoms with van der Waals surface area (Å²) in [7, 11) is 0. The Balaban J connectivity index is 2.09. The number of halogens is 4. The highest BCUT2D eigenvalue weighted by Gasteiger charge is 2.35. The molecule has 120 valence electrons. The van der Waals surface area contributed by atoms with E-state index in [0.29, 0.717) is 0 Å². The summed E-state index contributed by atoms with van der Waals surface area (Å²) in [6.07, 6.45) is -0.149. The molecular weight excluding hydrogens is 335 g/mol. The van der Waals surface area contributed by atoms with E-state index in [2.05, 4.69) is 20.0 Å². The first-order valence-electron chi connectivity index (χ1n) is 6.42. The van der Waals surface area contributed by atoms with Crippen LogP contribution >= 0.6 is 11.6 Å². The Kier molecular flexibility index (Phi) is 3.77. The second kappa shape index (κ2) is 5.62. The topological polar surface area (TPSA) is 70.9 Å². The Morgan fingerprint density at radius 1 is 1.30 bits per heavy atom. The summed E-state index contributed by atoms with van der Waals surface area (Å²) in [5.74, 6) is -0.600. The third kappa shape index (κ3) is 3.02. The number of allylic oxidation sites excluding steroid dienone is 2. The first-order valence-corrected chi connectivity index (χ1v) is 6.80. The number of rotatable bonds is 2. The molecule has 9 heteroatoms. The fourth-order valence-electron chi connectivity index (χ4n) is 2.28. The van der Waals surface area contributed by atoms with Crippen LogP contribution in [0.25, 0.3) is 5.57 Å². The standard InChI is InChI=1S/C14H9ClF3N3O2/c15-9-3-1-2-8(14(16,17)18)11(9)7-4-5-19-10(6-7)12-20-13(22)23-21-12/h1-6,10,19H,(H,20,21,22). The molecule has 1 aliphatic rings. The average Bonchev–Trinajstić information content (AvgIpc) is 2.93. The first-order chi connectivity index (χ1) is 10.9. The van der Waals surface area contributed by atoms with Gasteiger partial charge in [-0.2, -0.15) is 13.2 Å². The molecule has 0 radical (unpaired) electrons. The van der Waals surface area contributed by atoms with Gasteiger partial charge in [0, 0.05) is 10.6 Å². The molecule has 2 aromatic rings. The van der Waals surface area contributed by atoms with Crippen molar-refractivity contribution in [2.75, 3.05) is 0 Å². The van der Waals surface area contributed by atoms with Crippen LogP contribution in [0.15, 0.2) is 45.9 Å². The maximum absolute atomic E-state index is 13.2. The van der Waals surface area contributed by atoms with Crippen LogP contribution < -0.4 is 11.1 Å². The maximum atomic E-state index is 13.2. The highest BCUT2D eigenvalue weighted by Crippen LogP contribution is 2.40. The summed E-state index contributed by atoms with van der Waals surface area (Å²) in [6.45, 7) is 0. The summed E-state index contributed by atoms with van der Waals surface area (Å²) in [5.41, 5.74) is -0.707. The van der Waals surface area contributed by atoms with Gasteiger partial charge in [-0.05, 0) is 36.1 Å². The molecule has 0 fully saturated rings. The van der Waals surface area contributed by atoms with E-state index < -0.39 is 23.5 Å². The average molecular weight is 344 g/mol. The highest BCUT2D eigenvalue weighted by atomic mass is 35.5. The summed E-state index contributed by atoms with van der Waals surface area (Å²) in [4.78, 5) is 13.4. The molecule has 0 amide bonds. The number of benzene rings is 1. The van der Waals surface area contributed by atoms with Crippen molar-refractivity contribution in [3.63, 3.8) is 0 Å². The zero-order valence-corrected chi connectivity index (χ0v) is 12.1. The van der Waals surface area contributed by atoms with Crippen LogP contribution in [-0.2, 0) is 6.18 Å². The van der Waals surface area contributed by atoms with Crippen molar-refractivity contribution in [3.05, 3.63) is 69.1 Å². The van der Waals surface area contributed by atoms with Gasteiger partial charge in [0.25, 0.3) is 0 Å². The van der Waals surface area contributed by atoms with Crippen molar-refractivity contribution < 1.29 is 17.7 Å². The predicted molar refractivity (Wildman–Crippen MR) is 76.6 cm³/mol. The van der Waals surface area contributed by atoms with Gasteiger partial charge in [0.15, 0.2) is 5.82 Å². The monoisotopic (exact) mass is 343 g/mol. The van der Waals surface area contributed by atoms with Crippen molar-refractivity contribution in [1.82, 2.24) is 15.5 Å². The smallest absolute Gasteiger partial charge is 0.378 e. The van der Waals surface area contributed by atoms with Crippen LogP contribution in [0.4, 0.5) is 13.2 Å². The van der Waals surface area contributed by atoms with Gasteiger partial charge < -0.3 is 5.32 Å². The number of nitrogens with zero attached hydrogens (tertiary/aromatic N) is 1. The Morgan fingerprint density at radius 2 is 2.09 bits per heavy atom. The molecule has 1 aliphatic heterocycles. The van der Waals surface area contributed by atoms with Crippen LogP contribution in [0.3, 0.4) is 0 Å². The van der Waals surface area contributed by atoms with Gasteiger partial charge in [-0.1, -0.05) is 22.8 Å². The molecule has 0 spiro atoms. The molecular formula is C14H9ClF3N3O2. The second-order valence-electron chi connectivity index (χ2n) is 4.74. The van der Waals surface area contributed by atoms with E-state index in [9.17, 15) is 18.0 Å². The Bertz CT molecular complexity index is 851. The lowest BCUT2D eigenvalue weighted by Crippen LogP contribution is -2.19. The number of aromatic amines is 1. The summed E-state index contributed by atoms with van der Waals surface area (Å²) in [6, 6.07) is 2.95. The molecule has 1 atom stereocenters. The van der Waals surface area contributed by atoms with Crippen LogP contribution in [0.2, 0.25) is 5.02 Å². The van der Waals surface area contributed by atoms with Gasteiger partial charge >= 0.3 is 11.9 Å². The lowest BCUT2D eigenvalue weighted by molar-refractivity contribution is -0.137. The van der Waals surface area contributed by atoms with Crippen LogP contribution in [0.1, 0.15) is 23.0 Å². The molecule has 0 aliphatic carbocycles. The number of hydrogen-bond acceptors (Lipinski definition) is 4. The number of alkyl halides is 3. The molecule has 3 rings (SSSR count). The quantitative estimate of drug-likeness (QED) is 0.878. The van der Waals surface area contributed by atoms with E-state index in [1.54, 1.807) is 0 Å². The summed E-state index contributed by atoms with van der Waals surface area (Å²) >= 11 is 5.98. The minimum absolute atomic E-state index is 0.0231. The molecule has 0 saturated heterocycles. The van der Waals surface area contributed by atoms with Gasteiger partial charge in [0.05, 0.1) is 5.56 Å². The van der Waals surface area contributed by atoms with E-state index in [4.69, 9.17) is 11.6 Å². The zero-order chi connectivity index (χ0) is 16.6. The maximum Gasteiger partial charge on any atom is 0.438 e. The normalized spacial score (nSPS) is 17.7. The van der Waals surface area contributed by atoms with Gasteiger partial charge in [-0.25, -0.2) is 4.79 Å². The van der Waals surface area contributed by atoms with Crippen molar-refractivity contribution in [1.29, 1.82) is 0 Å². The van der Waals surface area contributed by atoms with Crippen molar-refractivity contribution >= 4 is 17.2 Å². The lowest BCUT2D eigenvalue weighted by atomic mass is 9.95. The minimum atomic E-state index is -4.54. The molecule has 2 heterocycles. The van der Waals surface area contributed by atoms with E-state index in [1.165, 1.54) is 30.5 Å². The molecule has 0 bridgehead atoms. The van der Waals surface area contributed by atoms with E-state index in [1.807, 2.05) is 0 Å². The number of hydrogen-bond donors (Lipinski definition) is 2. The van der Waals surface area contributed by atoms with E-state index in [0.717, 1.165) is 6.07 Å². The Hall–Kier alpha value is -2.48. The SMILES string of the molecule is O=c1[nH]c(C2C=C(c3c(Cl)cccc3C(F)(F)F)C=CN2)no1. The fourth-order valence-corrected chi connectivity index (χ4v) is 2.56. The summed E-state index contributed by atoms with van der Waals surface area (Å²) < 4.78 is 44.0. The largest absolute Gasteiger partial charge is 0.438 e.